The summed E-state index contributed by atoms with van der Waals surface area (Å²) in [6.07, 6.45) is 0. The molecule has 188 valence electrons. The van der Waals surface area contributed by atoms with Crippen molar-refractivity contribution in [2.45, 2.75) is 47.2 Å². The first-order chi connectivity index (χ1) is 17.1. The van der Waals surface area contributed by atoms with Crippen molar-refractivity contribution in [3.05, 3.63) is 82.7 Å². The van der Waals surface area contributed by atoms with Crippen LogP contribution >= 0.6 is 0 Å². The van der Waals surface area contributed by atoms with Crippen molar-refractivity contribution < 1.29 is 9.53 Å². The minimum Gasteiger partial charge on any atom is -0.497 e. The van der Waals surface area contributed by atoms with Gasteiger partial charge in [0.2, 0.25) is 0 Å². The topological polar surface area (TPSA) is 50.6 Å². The van der Waals surface area contributed by atoms with Crippen LogP contribution in [-0.2, 0) is 6.54 Å². The molecule has 1 aromatic heterocycles. The van der Waals surface area contributed by atoms with E-state index in [4.69, 9.17) is 9.72 Å². The summed E-state index contributed by atoms with van der Waals surface area (Å²) in [5.74, 6) is 1.64. The van der Waals surface area contributed by atoms with Crippen LogP contribution in [-0.4, -0.2) is 47.6 Å². The molecular weight excluding hydrogens is 448 g/mol. The molecule has 0 saturated heterocycles. The van der Waals surface area contributed by atoms with Crippen molar-refractivity contribution in [2.75, 3.05) is 26.1 Å². The van der Waals surface area contributed by atoms with Gasteiger partial charge >= 0.3 is 0 Å². The summed E-state index contributed by atoms with van der Waals surface area (Å²) in [5, 5.41) is 0. The maximum atomic E-state index is 13.9. The van der Waals surface area contributed by atoms with E-state index in [9.17, 15) is 4.79 Å². The van der Waals surface area contributed by atoms with Gasteiger partial charge in [0, 0.05) is 37.1 Å². The van der Waals surface area contributed by atoms with Gasteiger partial charge in [-0.15, -0.1) is 0 Å². The second kappa shape index (κ2) is 10.1. The Labute approximate surface area is 214 Å². The van der Waals surface area contributed by atoms with Crippen molar-refractivity contribution in [1.82, 2.24) is 14.5 Å². The van der Waals surface area contributed by atoms with Crippen molar-refractivity contribution in [2.24, 2.45) is 0 Å². The molecule has 0 unspecified atom stereocenters. The fourth-order valence-electron chi connectivity index (χ4n) is 4.82. The fraction of sp³-hybridized carbons (Fsp3) is 0.333. The second-order valence-corrected chi connectivity index (χ2v) is 9.93. The number of hydrogen-bond donors (Lipinski definition) is 0. The monoisotopic (exact) mass is 484 g/mol. The first-order valence-corrected chi connectivity index (χ1v) is 12.3. The number of imidazole rings is 1. The summed E-state index contributed by atoms with van der Waals surface area (Å²) in [5.41, 5.74) is 7.89. The van der Waals surface area contributed by atoms with Crippen LogP contribution in [0.15, 0.2) is 54.6 Å². The first kappa shape index (κ1) is 25.3. The molecule has 1 amide bonds. The number of ether oxygens (including phenoxy) is 1. The molecule has 4 aromatic rings. The van der Waals surface area contributed by atoms with E-state index in [1.165, 1.54) is 0 Å². The van der Waals surface area contributed by atoms with Crippen LogP contribution in [0.25, 0.3) is 16.7 Å². The SMILES string of the molecule is COc1ccc(-n2c(CN(C(=O)c3c(C)cc(C)cc3C)C(C)C)nc3cc(N(C)C)ccc32)cc1. The minimum absolute atomic E-state index is 0.000862. The highest BCUT2D eigenvalue weighted by Gasteiger charge is 2.25. The average Bonchev–Trinajstić information content (AvgIpc) is 3.18. The number of nitrogens with zero attached hydrogens (tertiary/aromatic N) is 4. The second-order valence-electron chi connectivity index (χ2n) is 9.93. The standard InChI is InChI=1S/C30H36N4O2/c1-19(2)33(30(35)29-21(4)15-20(3)16-22(29)5)18-28-31-26-17-24(32(6)7)11-14-27(26)34(28)23-9-12-25(36-8)13-10-23/h9-17,19H,18H2,1-8H3. The molecule has 6 nitrogen and oxygen atoms in total. The van der Waals surface area contributed by atoms with Crippen LogP contribution in [0.2, 0.25) is 0 Å². The van der Waals surface area contributed by atoms with Crippen LogP contribution in [0.5, 0.6) is 5.75 Å². The zero-order valence-electron chi connectivity index (χ0n) is 22.6. The Hall–Kier alpha value is -3.80. The van der Waals surface area contributed by atoms with E-state index in [1.54, 1.807) is 7.11 Å². The van der Waals surface area contributed by atoms with E-state index in [1.807, 2.05) is 57.1 Å². The van der Waals surface area contributed by atoms with Gasteiger partial charge in [-0.2, -0.15) is 0 Å². The molecule has 0 fully saturated rings. The predicted molar refractivity (Wildman–Crippen MR) is 148 cm³/mol. The molecule has 0 bridgehead atoms. The fourth-order valence-corrected chi connectivity index (χ4v) is 4.82. The molecule has 0 aliphatic rings. The third kappa shape index (κ3) is 4.81. The maximum absolute atomic E-state index is 13.9. The van der Waals surface area contributed by atoms with Crippen molar-refractivity contribution in [3.8, 4) is 11.4 Å². The molecule has 0 saturated carbocycles. The Bertz CT molecular complexity index is 1380. The number of fused-ring (bicyclic) bond motifs is 1. The van der Waals surface area contributed by atoms with Crippen LogP contribution in [0.1, 0.15) is 46.7 Å². The molecule has 6 heteroatoms. The van der Waals surface area contributed by atoms with Gasteiger partial charge in [0.05, 0.1) is 24.7 Å². The lowest BCUT2D eigenvalue weighted by Crippen LogP contribution is -2.38. The summed E-state index contributed by atoms with van der Waals surface area (Å²) < 4.78 is 7.51. The summed E-state index contributed by atoms with van der Waals surface area (Å²) in [4.78, 5) is 22.9. The highest BCUT2D eigenvalue weighted by molar-refractivity contribution is 5.97. The molecule has 3 aromatic carbocycles. The third-order valence-electron chi connectivity index (χ3n) is 6.64. The van der Waals surface area contributed by atoms with E-state index in [0.717, 1.165) is 56.2 Å². The van der Waals surface area contributed by atoms with Gasteiger partial charge < -0.3 is 14.5 Å². The molecule has 0 atom stereocenters. The van der Waals surface area contributed by atoms with Gasteiger partial charge in [-0.3, -0.25) is 9.36 Å². The van der Waals surface area contributed by atoms with Gasteiger partial charge in [-0.25, -0.2) is 4.98 Å². The van der Waals surface area contributed by atoms with E-state index < -0.39 is 0 Å². The zero-order chi connectivity index (χ0) is 26.1. The number of amides is 1. The number of aromatic nitrogens is 2. The zero-order valence-corrected chi connectivity index (χ0v) is 22.6. The molecule has 0 aliphatic carbocycles. The van der Waals surface area contributed by atoms with Crippen molar-refractivity contribution in [3.63, 3.8) is 0 Å². The molecule has 4 rings (SSSR count). The number of aryl methyl sites for hydroxylation is 3. The molecule has 36 heavy (non-hydrogen) atoms. The van der Waals surface area contributed by atoms with Crippen molar-refractivity contribution >= 4 is 22.6 Å². The highest BCUT2D eigenvalue weighted by atomic mass is 16.5. The lowest BCUT2D eigenvalue weighted by Gasteiger charge is -2.28. The van der Waals surface area contributed by atoms with E-state index in [-0.39, 0.29) is 11.9 Å². The van der Waals surface area contributed by atoms with E-state index in [2.05, 4.69) is 60.6 Å². The van der Waals surface area contributed by atoms with Crippen molar-refractivity contribution in [1.29, 1.82) is 0 Å². The third-order valence-corrected chi connectivity index (χ3v) is 6.64. The summed E-state index contributed by atoms with van der Waals surface area (Å²) in [6, 6.07) is 18.4. The van der Waals surface area contributed by atoms with Gasteiger partial charge in [-0.05, 0) is 88.2 Å². The number of benzene rings is 3. The Balaban J connectivity index is 1.84. The Morgan fingerprint density at radius 2 is 1.61 bits per heavy atom. The number of rotatable bonds is 7. The molecule has 0 radical (unpaired) electrons. The summed E-state index contributed by atoms with van der Waals surface area (Å²) >= 11 is 0. The number of hydrogen-bond acceptors (Lipinski definition) is 4. The molecule has 0 spiro atoms. The maximum Gasteiger partial charge on any atom is 0.255 e. The van der Waals surface area contributed by atoms with Gasteiger partial charge in [0.25, 0.3) is 5.91 Å². The Kier molecular flexibility index (Phi) is 7.07. The summed E-state index contributed by atoms with van der Waals surface area (Å²) in [6.45, 7) is 10.6. The Morgan fingerprint density at radius 1 is 0.972 bits per heavy atom. The largest absolute Gasteiger partial charge is 0.497 e. The molecule has 1 heterocycles. The smallest absolute Gasteiger partial charge is 0.255 e. The van der Waals surface area contributed by atoms with Gasteiger partial charge in [0.1, 0.15) is 11.6 Å². The predicted octanol–water partition coefficient (Wildman–Crippen LogP) is 6.08. The quantitative estimate of drug-likeness (QED) is 0.319. The number of carbonyl (C=O) groups is 1. The van der Waals surface area contributed by atoms with Crippen LogP contribution in [0.3, 0.4) is 0 Å². The molecule has 0 aliphatic heterocycles. The van der Waals surface area contributed by atoms with Crippen LogP contribution < -0.4 is 9.64 Å². The van der Waals surface area contributed by atoms with Crippen LogP contribution in [0.4, 0.5) is 5.69 Å². The van der Waals surface area contributed by atoms with Gasteiger partial charge in [0.15, 0.2) is 0 Å². The molecule has 0 N–H and O–H groups in total. The lowest BCUT2D eigenvalue weighted by atomic mass is 9.98. The van der Waals surface area contributed by atoms with E-state index in [0.29, 0.717) is 6.54 Å². The van der Waals surface area contributed by atoms with Gasteiger partial charge in [-0.1, -0.05) is 17.7 Å². The number of methoxy groups -OCH3 is 1. The Morgan fingerprint density at radius 3 is 2.17 bits per heavy atom. The number of anilines is 1. The average molecular weight is 485 g/mol. The molecular formula is C30H36N4O2. The van der Waals surface area contributed by atoms with Crippen LogP contribution in [0, 0.1) is 20.8 Å². The summed E-state index contributed by atoms with van der Waals surface area (Å²) in [7, 11) is 5.71. The normalized spacial score (nSPS) is 11.2. The number of carbonyl (C=O) groups excluding carboxylic acids is 1. The minimum atomic E-state index is -0.000862. The lowest BCUT2D eigenvalue weighted by molar-refractivity contribution is 0.0683. The van der Waals surface area contributed by atoms with E-state index >= 15 is 0 Å². The highest BCUT2D eigenvalue weighted by Crippen LogP contribution is 2.28. The first-order valence-electron chi connectivity index (χ1n) is 12.3.